The Morgan fingerprint density at radius 3 is 2.85 bits per heavy atom. The molecule has 5 nitrogen and oxygen atoms in total. The summed E-state index contributed by atoms with van der Waals surface area (Å²) in [7, 11) is 1.47. The van der Waals surface area contributed by atoms with E-state index in [1.165, 1.54) is 24.5 Å². The second-order valence-electron chi connectivity index (χ2n) is 4.44. The van der Waals surface area contributed by atoms with Gasteiger partial charge in [-0.25, -0.2) is 4.98 Å². The van der Waals surface area contributed by atoms with E-state index in [1.807, 2.05) is 28.7 Å². The van der Waals surface area contributed by atoms with Crippen molar-refractivity contribution in [1.82, 2.24) is 9.38 Å². The molecule has 0 spiro atoms. The molecule has 2 N–H and O–H groups in total. The number of hydrogen-bond donors (Lipinski definition) is 2. The van der Waals surface area contributed by atoms with Crippen LogP contribution in [0.15, 0.2) is 30.3 Å². The van der Waals surface area contributed by atoms with Crippen LogP contribution in [0.4, 0.5) is 0 Å². The van der Waals surface area contributed by atoms with Crippen molar-refractivity contribution in [2.24, 2.45) is 0 Å². The lowest BCUT2D eigenvalue weighted by atomic mass is 10.2. The fourth-order valence-electron chi connectivity index (χ4n) is 2.47. The van der Waals surface area contributed by atoms with E-state index in [0.29, 0.717) is 0 Å². The summed E-state index contributed by atoms with van der Waals surface area (Å²) in [6.07, 6.45) is 0. The first-order chi connectivity index (χ1) is 9.70. The SMILES string of the molecule is COc1c(O)c(O)cc2sc3nc4ccccc4n3c12. The number of para-hydroxylation sites is 2. The average Bonchev–Trinajstić information content (AvgIpc) is 2.96. The maximum Gasteiger partial charge on any atom is 0.202 e. The Labute approximate surface area is 117 Å². The summed E-state index contributed by atoms with van der Waals surface area (Å²) in [5.41, 5.74) is 2.55. The standard InChI is InChI=1S/C14H10N2O3S/c1-19-13-11-10(6-9(17)12(13)18)20-14-15-7-4-2-3-5-8(7)16(11)14/h2-6,17-18H,1H3. The van der Waals surface area contributed by atoms with E-state index < -0.39 is 0 Å². The number of hydrogen-bond acceptors (Lipinski definition) is 5. The number of benzene rings is 2. The largest absolute Gasteiger partial charge is 0.504 e. The zero-order chi connectivity index (χ0) is 13.9. The van der Waals surface area contributed by atoms with Crippen molar-refractivity contribution in [2.45, 2.75) is 0 Å². The van der Waals surface area contributed by atoms with Crippen molar-refractivity contribution < 1.29 is 14.9 Å². The lowest BCUT2D eigenvalue weighted by molar-refractivity contribution is 0.354. The molecule has 4 aromatic rings. The third-order valence-electron chi connectivity index (χ3n) is 3.33. The normalized spacial score (nSPS) is 11.7. The van der Waals surface area contributed by atoms with E-state index in [4.69, 9.17) is 4.74 Å². The summed E-state index contributed by atoms with van der Waals surface area (Å²) in [6, 6.07) is 9.30. The van der Waals surface area contributed by atoms with Crippen molar-refractivity contribution in [1.29, 1.82) is 0 Å². The summed E-state index contributed by atoms with van der Waals surface area (Å²) in [6.45, 7) is 0. The highest BCUT2D eigenvalue weighted by Crippen LogP contribution is 2.45. The predicted molar refractivity (Wildman–Crippen MR) is 78.0 cm³/mol. The van der Waals surface area contributed by atoms with Crippen molar-refractivity contribution in [3.8, 4) is 17.2 Å². The van der Waals surface area contributed by atoms with Gasteiger partial charge in [0.15, 0.2) is 16.5 Å². The lowest BCUT2D eigenvalue weighted by Gasteiger charge is -2.07. The van der Waals surface area contributed by atoms with Crippen LogP contribution in [0.1, 0.15) is 0 Å². The topological polar surface area (TPSA) is 67.0 Å². The summed E-state index contributed by atoms with van der Waals surface area (Å²) in [4.78, 5) is 5.35. The van der Waals surface area contributed by atoms with Crippen LogP contribution in [-0.2, 0) is 0 Å². The first-order valence-corrected chi connectivity index (χ1v) is 6.81. The molecular formula is C14H10N2O3S. The molecule has 0 unspecified atom stereocenters. The molecule has 0 fully saturated rings. The first-order valence-electron chi connectivity index (χ1n) is 5.99. The number of aromatic hydroxyl groups is 2. The van der Waals surface area contributed by atoms with Gasteiger partial charge in [0, 0.05) is 6.07 Å². The van der Waals surface area contributed by atoms with Gasteiger partial charge in [-0.05, 0) is 12.1 Å². The van der Waals surface area contributed by atoms with E-state index in [2.05, 4.69) is 4.98 Å². The maximum absolute atomic E-state index is 9.98. The molecule has 2 aromatic carbocycles. The van der Waals surface area contributed by atoms with Crippen molar-refractivity contribution >= 4 is 37.5 Å². The molecule has 100 valence electrons. The highest BCUT2D eigenvalue weighted by Gasteiger charge is 2.20. The Morgan fingerprint density at radius 1 is 1.25 bits per heavy atom. The van der Waals surface area contributed by atoms with Gasteiger partial charge in [0.05, 0.1) is 22.8 Å². The van der Waals surface area contributed by atoms with Crippen molar-refractivity contribution in [3.63, 3.8) is 0 Å². The second-order valence-corrected chi connectivity index (χ2v) is 5.45. The number of aromatic nitrogens is 2. The van der Waals surface area contributed by atoms with Gasteiger partial charge in [-0.3, -0.25) is 4.40 Å². The molecule has 2 heterocycles. The molecule has 0 atom stereocenters. The van der Waals surface area contributed by atoms with E-state index in [0.717, 1.165) is 26.2 Å². The third-order valence-corrected chi connectivity index (χ3v) is 4.32. The van der Waals surface area contributed by atoms with Crippen LogP contribution in [0.2, 0.25) is 0 Å². The van der Waals surface area contributed by atoms with Crippen molar-refractivity contribution in [3.05, 3.63) is 30.3 Å². The number of rotatable bonds is 1. The molecule has 6 heteroatoms. The fraction of sp³-hybridized carbons (Fsp3) is 0.0714. The molecule has 0 bridgehead atoms. The molecule has 0 saturated carbocycles. The van der Waals surface area contributed by atoms with Gasteiger partial charge in [0.25, 0.3) is 0 Å². The van der Waals surface area contributed by atoms with E-state index in [-0.39, 0.29) is 17.2 Å². The van der Waals surface area contributed by atoms with Crippen molar-refractivity contribution in [2.75, 3.05) is 7.11 Å². The smallest absolute Gasteiger partial charge is 0.202 e. The van der Waals surface area contributed by atoms with Crippen LogP contribution in [0.3, 0.4) is 0 Å². The third kappa shape index (κ3) is 1.28. The minimum atomic E-state index is -0.252. The number of fused-ring (bicyclic) bond motifs is 5. The molecule has 20 heavy (non-hydrogen) atoms. The number of imidazole rings is 1. The van der Waals surface area contributed by atoms with Gasteiger partial charge in [0.1, 0.15) is 5.52 Å². The molecular weight excluding hydrogens is 276 g/mol. The monoisotopic (exact) mass is 286 g/mol. The maximum atomic E-state index is 9.98. The number of phenols is 2. The van der Waals surface area contributed by atoms with Crippen LogP contribution < -0.4 is 4.74 Å². The molecule has 0 aliphatic heterocycles. The fourth-order valence-corrected chi connectivity index (χ4v) is 3.54. The van der Waals surface area contributed by atoms with Crippen LogP contribution in [0.25, 0.3) is 26.2 Å². The molecule has 0 amide bonds. The van der Waals surface area contributed by atoms with Gasteiger partial charge >= 0.3 is 0 Å². The highest BCUT2D eigenvalue weighted by molar-refractivity contribution is 7.23. The summed E-state index contributed by atoms with van der Waals surface area (Å²) in [5, 5.41) is 19.7. The molecule has 0 saturated heterocycles. The van der Waals surface area contributed by atoms with Gasteiger partial charge in [-0.1, -0.05) is 23.5 Å². The van der Waals surface area contributed by atoms with E-state index in [1.54, 1.807) is 0 Å². The number of thiazole rings is 1. The van der Waals surface area contributed by atoms with Gasteiger partial charge in [0.2, 0.25) is 5.75 Å². The van der Waals surface area contributed by atoms with Gasteiger partial charge < -0.3 is 14.9 Å². The molecule has 2 aromatic heterocycles. The second kappa shape index (κ2) is 3.77. The van der Waals surface area contributed by atoms with Crippen LogP contribution in [0, 0.1) is 0 Å². The zero-order valence-corrected chi connectivity index (χ0v) is 11.3. The minimum Gasteiger partial charge on any atom is -0.504 e. The first kappa shape index (κ1) is 11.4. The van der Waals surface area contributed by atoms with Crippen LogP contribution >= 0.6 is 11.3 Å². The summed E-state index contributed by atoms with van der Waals surface area (Å²) < 4.78 is 8.02. The quantitative estimate of drug-likeness (QED) is 0.528. The molecule has 0 aliphatic rings. The Kier molecular flexibility index (Phi) is 2.14. The zero-order valence-electron chi connectivity index (χ0n) is 10.5. The molecule has 4 rings (SSSR count). The van der Waals surface area contributed by atoms with Gasteiger partial charge in [-0.2, -0.15) is 0 Å². The Bertz CT molecular complexity index is 971. The highest BCUT2D eigenvalue weighted by atomic mass is 32.1. The number of phenolic OH excluding ortho intramolecular Hbond substituents is 2. The predicted octanol–water partition coefficient (Wildman–Crippen LogP) is 3.12. The average molecular weight is 286 g/mol. The minimum absolute atomic E-state index is 0.192. The van der Waals surface area contributed by atoms with Crippen LogP contribution in [0.5, 0.6) is 17.2 Å². The van der Waals surface area contributed by atoms with E-state index in [9.17, 15) is 10.2 Å². The molecule has 0 radical (unpaired) electrons. The van der Waals surface area contributed by atoms with Crippen LogP contribution in [-0.4, -0.2) is 26.7 Å². The molecule has 0 aliphatic carbocycles. The van der Waals surface area contributed by atoms with E-state index >= 15 is 0 Å². The Hall–Kier alpha value is -2.47. The Balaban J connectivity index is 2.32. The number of methoxy groups -OCH3 is 1. The number of nitrogens with zero attached hydrogens (tertiary/aromatic N) is 2. The Morgan fingerprint density at radius 2 is 2.05 bits per heavy atom. The number of ether oxygens (including phenoxy) is 1. The summed E-state index contributed by atoms with van der Waals surface area (Å²) >= 11 is 1.44. The summed E-state index contributed by atoms with van der Waals surface area (Å²) in [5.74, 6) is -0.185. The lowest BCUT2D eigenvalue weighted by Crippen LogP contribution is -1.89. The van der Waals surface area contributed by atoms with Gasteiger partial charge in [-0.15, -0.1) is 0 Å².